The fraction of sp³-hybridized carbons (Fsp3) is 0. The van der Waals surface area contributed by atoms with E-state index < -0.39 is 160 Å². The van der Waals surface area contributed by atoms with Crippen molar-refractivity contribution in [1.29, 1.82) is 0 Å². The molecule has 0 saturated carbocycles. The second-order valence-electron chi connectivity index (χ2n) is 12.0. The zero-order chi connectivity index (χ0) is 52.4. The molecule has 0 radical (unpaired) electrons. The summed E-state index contributed by atoms with van der Waals surface area (Å²) >= 11 is 0. The number of fused-ring (bicyclic) bond motifs is 9. The minimum Gasteiger partial charge on any atom is -0.456 e. The van der Waals surface area contributed by atoms with Gasteiger partial charge >= 0.3 is 0 Å². The van der Waals surface area contributed by atoms with Gasteiger partial charge in [0, 0.05) is 21.5 Å². The van der Waals surface area contributed by atoms with Crippen molar-refractivity contribution in [3.8, 4) is 44.5 Å². The Balaban J connectivity index is 1.25. The van der Waals surface area contributed by atoms with E-state index >= 15 is 0 Å². The maximum Gasteiger partial charge on any atom is 0.136 e. The van der Waals surface area contributed by atoms with E-state index in [0.717, 1.165) is 11.1 Å². The summed E-state index contributed by atoms with van der Waals surface area (Å²) < 4.78 is 202. The Labute approximate surface area is 329 Å². The van der Waals surface area contributed by atoms with E-state index in [1.165, 1.54) is 0 Å². The first-order chi connectivity index (χ1) is 34.5. The maximum absolute atomic E-state index is 9.60. The Kier molecular flexibility index (Phi) is 3.29. The molecule has 0 fully saturated rings. The number of furan rings is 2. The van der Waals surface area contributed by atoms with Crippen molar-refractivity contribution < 1.29 is 37.6 Å². The molecular formula is C50H30O2. The molecule has 11 aromatic rings. The second-order valence-corrected chi connectivity index (χ2v) is 12.0. The lowest BCUT2D eigenvalue weighted by Gasteiger charge is -2.18. The zero-order valence-electron chi connectivity index (χ0n) is 47.5. The molecule has 0 bridgehead atoms. The lowest BCUT2D eigenvalue weighted by atomic mass is 9.85. The molecule has 0 aliphatic rings. The van der Waals surface area contributed by atoms with Crippen molar-refractivity contribution in [2.45, 2.75) is 0 Å². The highest BCUT2D eigenvalue weighted by molar-refractivity contribution is 6.26. The summed E-state index contributed by atoms with van der Waals surface area (Å²) in [5.41, 5.74) is -2.26. The van der Waals surface area contributed by atoms with E-state index in [9.17, 15) is 15.1 Å². The molecule has 2 heteroatoms. The first-order valence-electron chi connectivity index (χ1n) is 26.5. The van der Waals surface area contributed by atoms with Gasteiger partial charge in [-0.05, 0) is 96.3 Å². The predicted molar refractivity (Wildman–Crippen MR) is 218 cm³/mol. The fourth-order valence-corrected chi connectivity index (χ4v) is 6.81. The standard InChI is InChI=1S/C50H30O2/c1-2-10-31(11-3-1)32-18-22-34(23-19-32)47-37-12-4-6-14-39(37)48(40-15-7-5-13-38(40)47)35-24-20-33(21-25-35)36-26-27-42-46(30-36)52-45-29-28-44-49(50(42)45)41-16-8-9-17-43(41)51-44/h1-30H/i4D,5D,6D,7D,8D,9D,12D,13D,14D,15D,16D,17D,20D,21D,24D,25D,26D,27D,28D,29D,30D. The third kappa shape index (κ3) is 4.38. The topological polar surface area (TPSA) is 26.3 Å². The van der Waals surface area contributed by atoms with Crippen LogP contribution in [0.5, 0.6) is 0 Å². The molecule has 0 aliphatic heterocycles. The highest BCUT2D eigenvalue weighted by atomic mass is 16.3. The van der Waals surface area contributed by atoms with Crippen molar-refractivity contribution in [3.63, 3.8) is 0 Å². The Hall–Kier alpha value is -6.90. The van der Waals surface area contributed by atoms with Crippen molar-refractivity contribution in [2.75, 3.05) is 0 Å². The van der Waals surface area contributed by atoms with Gasteiger partial charge in [-0.1, -0.05) is 151 Å². The molecule has 0 spiro atoms. The Bertz CT molecular complexity index is 4260. The van der Waals surface area contributed by atoms with E-state index in [2.05, 4.69) is 0 Å². The molecule has 0 aliphatic carbocycles. The summed E-state index contributed by atoms with van der Waals surface area (Å²) in [5.74, 6) is 0. The summed E-state index contributed by atoms with van der Waals surface area (Å²) in [6.07, 6.45) is 0. The van der Waals surface area contributed by atoms with Crippen molar-refractivity contribution >= 4 is 65.4 Å². The van der Waals surface area contributed by atoms with Crippen LogP contribution >= 0.6 is 0 Å². The monoisotopic (exact) mass is 683 g/mol. The van der Waals surface area contributed by atoms with E-state index in [-0.39, 0.29) is 65.4 Å². The molecule has 52 heavy (non-hydrogen) atoms. The SMILES string of the molecule is [2H]c1c([2H])c(-c2c3c([2H])c([2H])c([2H])c([2H])c3c(-c3ccc(-c4ccccc4)cc3)c3c([2H])c([2H])c([2H])c([2H])c23)c([2H])c([2H])c1-c1c([2H])c([2H])c2c(oc3c([2H])c([2H])c4oc5c([2H])c([2H])c([2H])c([2H])c5c4c32)c1[2H]. The van der Waals surface area contributed by atoms with Gasteiger partial charge in [-0.15, -0.1) is 0 Å². The molecule has 2 nitrogen and oxygen atoms in total. The van der Waals surface area contributed by atoms with Crippen molar-refractivity contribution in [3.05, 3.63) is 181 Å². The van der Waals surface area contributed by atoms with E-state index in [1.807, 2.05) is 30.3 Å². The van der Waals surface area contributed by atoms with Crippen LogP contribution in [0.25, 0.3) is 110 Å². The Morgan fingerprint density at radius 1 is 0.308 bits per heavy atom. The summed E-state index contributed by atoms with van der Waals surface area (Å²) in [5, 5.41) is -2.15. The van der Waals surface area contributed by atoms with Crippen LogP contribution in [-0.2, 0) is 0 Å². The van der Waals surface area contributed by atoms with Gasteiger partial charge in [0.25, 0.3) is 0 Å². The smallest absolute Gasteiger partial charge is 0.136 e. The molecule has 2 aromatic heterocycles. The molecule has 0 saturated heterocycles. The van der Waals surface area contributed by atoms with Crippen LogP contribution < -0.4 is 0 Å². The average Bonchev–Trinajstić information content (AvgIpc) is 3.99. The van der Waals surface area contributed by atoms with Gasteiger partial charge < -0.3 is 8.83 Å². The summed E-state index contributed by atoms with van der Waals surface area (Å²) in [6.45, 7) is 0. The third-order valence-corrected chi connectivity index (χ3v) is 9.11. The van der Waals surface area contributed by atoms with Crippen LogP contribution in [0.3, 0.4) is 0 Å². The molecule has 0 unspecified atom stereocenters. The van der Waals surface area contributed by atoms with E-state index in [4.69, 9.17) is 22.5 Å². The van der Waals surface area contributed by atoms with Gasteiger partial charge in [0.2, 0.25) is 0 Å². The third-order valence-electron chi connectivity index (χ3n) is 9.11. The van der Waals surface area contributed by atoms with Gasteiger partial charge in [0.15, 0.2) is 0 Å². The van der Waals surface area contributed by atoms with Gasteiger partial charge in [-0.2, -0.15) is 0 Å². The van der Waals surface area contributed by atoms with Crippen LogP contribution in [0.1, 0.15) is 28.8 Å². The van der Waals surface area contributed by atoms with Gasteiger partial charge in [0.05, 0.1) is 28.8 Å². The summed E-state index contributed by atoms with van der Waals surface area (Å²) in [6, 6.07) is 0.674. The quantitative estimate of drug-likeness (QED) is 0.173. The maximum atomic E-state index is 9.60. The summed E-state index contributed by atoms with van der Waals surface area (Å²) in [7, 11) is 0. The number of benzene rings is 9. The van der Waals surface area contributed by atoms with Gasteiger partial charge in [-0.25, -0.2) is 0 Å². The fourth-order valence-electron chi connectivity index (χ4n) is 6.81. The number of rotatable bonds is 4. The Morgan fingerprint density at radius 2 is 0.769 bits per heavy atom. The van der Waals surface area contributed by atoms with E-state index in [0.29, 0.717) is 0 Å². The lowest BCUT2D eigenvalue weighted by Crippen LogP contribution is -1.91. The normalized spacial score (nSPS) is 17.5. The molecule has 11 rings (SSSR count). The zero-order valence-corrected chi connectivity index (χ0v) is 26.5. The molecular weight excluding hydrogens is 633 g/mol. The predicted octanol–water partition coefficient (Wildman–Crippen LogP) is 14.5. The number of hydrogen-bond donors (Lipinski definition) is 0. The Morgan fingerprint density at radius 3 is 1.40 bits per heavy atom. The minimum absolute atomic E-state index is 0.0199. The highest BCUT2D eigenvalue weighted by Crippen LogP contribution is 2.45. The first-order valence-corrected chi connectivity index (χ1v) is 16.0. The number of hydrogen-bond acceptors (Lipinski definition) is 2. The molecule has 242 valence electrons. The molecule has 0 amide bonds. The molecule has 2 heterocycles. The van der Waals surface area contributed by atoms with Crippen LogP contribution in [0.4, 0.5) is 0 Å². The average molecular weight is 684 g/mol. The van der Waals surface area contributed by atoms with Gasteiger partial charge in [-0.3, -0.25) is 0 Å². The van der Waals surface area contributed by atoms with E-state index in [1.54, 1.807) is 24.3 Å². The van der Waals surface area contributed by atoms with Crippen LogP contribution in [0, 0.1) is 0 Å². The summed E-state index contributed by atoms with van der Waals surface area (Å²) in [4.78, 5) is 0. The van der Waals surface area contributed by atoms with Crippen molar-refractivity contribution in [2.24, 2.45) is 0 Å². The largest absolute Gasteiger partial charge is 0.456 e. The highest BCUT2D eigenvalue weighted by Gasteiger charge is 2.18. The van der Waals surface area contributed by atoms with Crippen LogP contribution in [0.2, 0.25) is 0 Å². The number of para-hydroxylation sites is 1. The van der Waals surface area contributed by atoms with Crippen LogP contribution in [-0.4, -0.2) is 0 Å². The minimum atomic E-state index is -0.926. The molecule has 0 N–H and O–H groups in total. The first kappa shape index (κ1) is 15.1. The molecule has 0 atom stereocenters. The van der Waals surface area contributed by atoms with Gasteiger partial charge in [0.1, 0.15) is 22.3 Å². The lowest BCUT2D eigenvalue weighted by molar-refractivity contribution is 0.663. The van der Waals surface area contributed by atoms with Crippen molar-refractivity contribution in [1.82, 2.24) is 0 Å². The molecule has 9 aromatic carbocycles. The second kappa shape index (κ2) is 11.3. The van der Waals surface area contributed by atoms with Crippen LogP contribution in [0.15, 0.2) is 190 Å².